The predicted molar refractivity (Wildman–Crippen MR) is 57.8 cm³/mol. The van der Waals surface area contributed by atoms with Crippen molar-refractivity contribution in [3.8, 4) is 0 Å². The van der Waals surface area contributed by atoms with Crippen LogP contribution >= 0.6 is 11.6 Å². The molecule has 0 aliphatic rings. The number of aromatic nitrogens is 2. The molecule has 0 atom stereocenters. The van der Waals surface area contributed by atoms with Crippen molar-refractivity contribution in [3.05, 3.63) is 41.1 Å². The molecular formula is C10H12ClN3O. The van der Waals surface area contributed by atoms with Gasteiger partial charge in [0.1, 0.15) is 11.5 Å². The van der Waals surface area contributed by atoms with Crippen LogP contribution in [-0.2, 0) is 13.1 Å². The van der Waals surface area contributed by atoms with Crippen LogP contribution in [0.4, 0.5) is 0 Å². The van der Waals surface area contributed by atoms with Crippen molar-refractivity contribution in [1.82, 2.24) is 15.1 Å². The SMILES string of the molecule is CNCc1ccc(Cn2cc(Cl)cn2)o1. The lowest BCUT2D eigenvalue weighted by Gasteiger charge is -1.97. The number of nitrogens with one attached hydrogen (secondary N) is 1. The van der Waals surface area contributed by atoms with Gasteiger partial charge in [0, 0.05) is 6.20 Å². The molecule has 0 aliphatic heterocycles. The van der Waals surface area contributed by atoms with Gasteiger partial charge in [-0.25, -0.2) is 0 Å². The molecule has 0 aromatic carbocycles. The van der Waals surface area contributed by atoms with E-state index in [1.165, 1.54) is 0 Å². The van der Waals surface area contributed by atoms with Crippen molar-refractivity contribution in [2.75, 3.05) is 7.05 Å². The number of hydrogen-bond acceptors (Lipinski definition) is 3. The van der Waals surface area contributed by atoms with Gasteiger partial charge in [-0.2, -0.15) is 5.10 Å². The Hall–Kier alpha value is -1.26. The van der Waals surface area contributed by atoms with Gasteiger partial charge in [0.05, 0.1) is 24.3 Å². The van der Waals surface area contributed by atoms with Crippen LogP contribution in [0.2, 0.25) is 5.02 Å². The van der Waals surface area contributed by atoms with Gasteiger partial charge >= 0.3 is 0 Å². The fraction of sp³-hybridized carbons (Fsp3) is 0.300. The minimum Gasteiger partial charge on any atom is -0.463 e. The van der Waals surface area contributed by atoms with Crippen molar-refractivity contribution in [2.45, 2.75) is 13.1 Å². The first-order chi connectivity index (χ1) is 7.28. The zero-order chi connectivity index (χ0) is 10.7. The van der Waals surface area contributed by atoms with Crippen LogP contribution in [-0.4, -0.2) is 16.8 Å². The molecule has 4 nitrogen and oxygen atoms in total. The van der Waals surface area contributed by atoms with E-state index in [-0.39, 0.29) is 0 Å². The van der Waals surface area contributed by atoms with E-state index in [1.807, 2.05) is 19.2 Å². The van der Waals surface area contributed by atoms with E-state index in [4.69, 9.17) is 16.0 Å². The van der Waals surface area contributed by atoms with Gasteiger partial charge in [-0.3, -0.25) is 4.68 Å². The lowest BCUT2D eigenvalue weighted by molar-refractivity contribution is 0.436. The van der Waals surface area contributed by atoms with Crippen molar-refractivity contribution in [1.29, 1.82) is 0 Å². The third-order valence-corrected chi connectivity index (χ3v) is 2.18. The normalized spacial score (nSPS) is 10.8. The molecule has 0 fully saturated rings. The largest absolute Gasteiger partial charge is 0.463 e. The summed E-state index contributed by atoms with van der Waals surface area (Å²) in [6, 6.07) is 3.90. The lowest BCUT2D eigenvalue weighted by atomic mass is 10.4. The summed E-state index contributed by atoms with van der Waals surface area (Å²) in [5.74, 6) is 1.80. The third-order valence-electron chi connectivity index (χ3n) is 1.99. The highest BCUT2D eigenvalue weighted by Crippen LogP contribution is 2.11. The Morgan fingerprint density at radius 2 is 2.27 bits per heavy atom. The van der Waals surface area contributed by atoms with Crippen LogP contribution in [0.3, 0.4) is 0 Å². The molecule has 2 aromatic rings. The van der Waals surface area contributed by atoms with Crippen molar-refractivity contribution >= 4 is 11.6 Å². The summed E-state index contributed by atoms with van der Waals surface area (Å²) in [7, 11) is 1.88. The van der Waals surface area contributed by atoms with Gasteiger partial charge in [0.15, 0.2) is 0 Å². The van der Waals surface area contributed by atoms with Gasteiger partial charge in [-0.15, -0.1) is 0 Å². The van der Waals surface area contributed by atoms with Crippen LogP contribution in [0, 0.1) is 0 Å². The molecule has 0 radical (unpaired) electrons. The average molecular weight is 226 g/mol. The van der Waals surface area contributed by atoms with Crippen molar-refractivity contribution in [2.24, 2.45) is 0 Å². The molecule has 0 bridgehead atoms. The van der Waals surface area contributed by atoms with Gasteiger partial charge in [0.25, 0.3) is 0 Å². The summed E-state index contributed by atoms with van der Waals surface area (Å²) in [6.45, 7) is 1.34. The Morgan fingerprint density at radius 1 is 1.47 bits per heavy atom. The molecule has 0 aliphatic carbocycles. The van der Waals surface area contributed by atoms with Gasteiger partial charge in [-0.1, -0.05) is 11.6 Å². The first-order valence-corrected chi connectivity index (χ1v) is 5.06. The summed E-state index contributed by atoms with van der Waals surface area (Å²) in [4.78, 5) is 0. The van der Waals surface area contributed by atoms with E-state index in [2.05, 4.69) is 10.4 Å². The average Bonchev–Trinajstić information content (AvgIpc) is 2.78. The van der Waals surface area contributed by atoms with Crippen LogP contribution in [0.15, 0.2) is 28.9 Å². The summed E-state index contributed by atoms with van der Waals surface area (Å²) < 4.78 is 7.31. The molecule has 0 saturated carbocycles. The third kappa shape index (κ3) is 2.61. The maximum atomic E-state index is 5.76. The second-order valence-corrected chi connectivity index (χ2v) is 3.69. The maximum absolute atomic E-state index is 5.76. The fourth-order valence-electron chi connectivity index (χ4n) is 1.36. The molecule has 2 heterocycles. The number of furan rings is 1. The minimum absolute atomic E-state index is 0.608. The van der Waals surface area contributed by atoms with Crippen LogP contribution < -0.4 is 5.32 Å². The van der Waals surface area contributed by atoms with Gasteiger partial charge in [0.2, 0.25) is 0 Å². The summed E-state index contributed by atoms with van der Waals surface area (Å²) in [6.07, 6.45) is 3.38. The standard InChI is InChI=1S/C10H12ClN3O/c1-12-5-9-2-3-10(15-9)7-14-6-8(11)4-13-14/h2-4,6,12H,5,7H2,1H3. The number of rotatable bonds is 4. The van der Waals surface area contributed by atoms with Crippen LogP contribution in [0.25, 0.3) is 0 Å². The van der Waals surface area contributed by atoms with E-state index in [1.54, 1.807) is 17.1 Å². The number of hydrogen-bond donors (Lipinski definition) is 1. The molecular weight excluding hydrogens is 214 g/mol. The Labute approximate surface area is 92.8 Å². The van der Waals surface area contributed by atoms with Crippen molar-refractivity contribution < 1.29 is 4.42 Å². The maximum Gasteiger partial charge on any atom is 0.125 e. The topological polar surface area (TPSA) is 43.0 Å². The molecule has 15 heavy (non-hydrogen) atoms. The van der Waals surface area contributed by atoms with Crippen molar-refractivity contribution in [3.63, 3.8) is 0 Å². The Bertz CT molecular complexity index is 435. The molecule has 0 spiro atoms. The highest BCUT2D eigenvalue weighted by atomic mass is 35.5. The number of nitrogens with zero attached hydrogens (tertiary/aromatic N) is 2. The zero-order valence-electron chi connectivity index (χ0n) is 8.40. The highest BCUT2D eigenvalue weighted by molar-refractivity contribution is 6.30. The van der Waals surface area contributed by atoms with E-state index in [0.29, 0.717) is 11.6 Å². The molecule has 5 heteroatoms. The smallest absolute Gasteiger partial charge is 0.125 e. The molecule has 0 amide bonds. The quantitative estimate of drug-likeness (QED) is 0.864. The van der Waals surface area contributed by atoms with Gasteiger partial charge in [-0.05, 0) is 19.2 Å². The second-order valence-electron chi connectivity index (χ2n) is 3.25. The van der Waals surface area contributed by atoms with Crippen LogP contribution in [0.1, 0.15) is 11.5 Å². The minimum atomic E-state index is 0.608. The Morgan fingerprint density at radius 3 is 2.93 bits per heavy atom. The first kappa shape index (κ1) is 10.3. The molecule has 0 unspecified atom stereocenters. The monoisotopic (exact) mass is 225 g/mol. The molecule has 1 N–H and O–H groups in total. The van der Waals surface area contributed by atoms with E-state index in [9.17, 15) is 0 Å². The van der Waals surface area contributed by atoms with E-state index < -0.39 is 0 Å². The van der Waals surface area contributed by atoms with E-state index in [0.717, 1.165) is 18.1 Å². The lowest BCUT2D eigenvalue weighted by Crippen LogP contribution is -2.03. The zero-order valence-corrected chi connectivity index (χ0v) is 9.16. The van der Waals surface area contributed by atoms with Gasteiger partial charge < -0.3 is 9.73 Å². The highest BCUT2D eigenvalue weighted by Gasteiger charge is 2.03. The molecule has 2 rings (SSSR count). The Balaban J connectivity index is 2.04. The predicted octanol–water partition coefficient (Wildman–Crippen LogP) is 1.90. The fourth-order valence-corrected chi connectivity index (χ4v) is 1.52. The summed E-state index contributed by atoms with van der Waals surface area (Å²) >= 11 is 5.76. The van der Waals surface area contributed by atoms with E-state index >= 15 is 0 Å². The second kappa shape index (κ2) is 4.51. The summed E-state index contributed by atoms with van der Waals surface area (Å²) in [5, 5.41) is 7.74. The number of halogens is 1. The summed E-state index contributed by atoms with van der Waals surface area (Å²) in [5.41, 5.74) is 0. The molecule has 80 valence electrons. The first-order valence-electron chi connectivity index (χ1n) is 4.68. The van der Waals surface area contributed by atoms with Crippen LogP contribution in [0.5, 0.6) is 0 Å². The molecule has 0 saturated heterocycles. The molecule has 2 aromatic heterocycles. The Kier molecular flexibility index (Phi) is 3.08.